The normalized spacial score (nSPS) is 20.1. The van der Waals surface area contributed by atoms with Crippen LogP contribution < -0.4 is 5.32 Å². The Morgan fingerprint density at radius 2 is 2.15 bits per heavy atom. The minimum absolute atomic E-state index is 0.322. The van der Waals surface area contributed by atoms with Crippen molar-refractivity contribution in [3.05, 3.63) is 18.2 Å². The highest BCUT2D eigenvalue weighted by Gasteiger charge is 2.34. The number of imidazole rings is 1. The van der Waals surface area contributed by atoms with E-state index in [0.717, 1.165) is 44.6 Å². The van der Waals surface area contributed by atoms with E-state index in [0.29, 0.717) is 30.8 Å². The molecule has 1 amide bonds. The summed E-state index contributed by atoms with van der Waals surface area (Å²) >= 11 is 0. The van der Waals surface area contributed by atoms with Gasteiger partial charge in [-0.1, -0.05) is 0 Å². The van der Waals surface area contributed by atoms with Gasteiger partial charge in [-0.15, -0.1) is 0 Å². The molecule has 20 heavy (non-hydrogen) atoms. The third-order valence-corrected chi connectivity index (χ3v) is 4.46. The van der Waals surface area contributed by atoms with Gasteiger partial charge in [0.25, 0.3) is 0 Å². The van der Waals surface area contributed by atoms with Gasteiger partial charge in [-0.3, -0.25) is 4.79 Å². The first-order valence-corrected chi connectivity index (χ1v) is 7.70. The van der Waals surface area contributed by atoms with Crippen molar-refractivity contribution in [3.63, 3.8) is 0 Å². The molecule has 0 atom stereocenters. The maximum Gasteiger partial charge on any atom is 0.223 e. The van der Waals surface area contributed by atoms with Crippen LogP contribution in [0, 0.1) is 5.92 Å². The highest BCUT2D eigenvalue weighted by atomic mass is 16.2. The average Bonchev–Trinajstić information content (AvgIpc) is 3.21. The zero-order valence-electron chi connectivity index (χ0n) is 12.2. The van der Waals surface area contributed by atoms with Crippen molar-refractivity contribution in [3.8, 4) is 0 Å². The lowest BCUT2D eigenvalue weighted by molar-refractivity contribution is -0.133. The number of rotatable bonds is 5. The predicted molar refractivity (Wildman–Crippen MR) is 77.0 cm³/mol. The van der Waals surface area contributed by atoms with Crippen molar-refractivity contribution >= 4 is 5.91 Å². The fourth-order valence-electron chi connectivity index (χ4n) is 2.96. The van der Waals surface area contributed by atoms with E-state index in [1.807, 2.05) is 17.8 Å². The van der Waals surface area contributed by atoms with Crippen LogP contribution in [-0.4, -0.2) is 39.5 Å². The molecule has 2 aliphatic rings. The number of hydrogen-bond acceptors (Lipinski definition) is 3. The third kappa shape index (κ3) is 3.20. The highest BCUT2D eigenvalue weighted by molar-refractivity contribution is 5.77. The van der Waals surface area contributed by atoms with Gasteiger partial charge in [0.05, 0.1) is 6.54 Å². The molecule has 2 heterocycles. The van der Waals surface area contributed by atoms with Gasteiger partial charge in [0.1, 0.15) is 5.82 Å². The van der Waals surface area contributed by atoms with Gasteiger partial charge in [0, 0.05) is 31.9 Å². The van der Waals surface area contributed by atoms with Crippen molar-refractivity contribution < 1.29 is 4.79 Å². The Morgan fingerprint density at radius 1 is 1.40 bits per heavy atom. The minimum Gasteiger partial charge on any atom is -0.337 e. The lowest BCUT2D eigenvalue weighted by Crippen LogP contribution is -2.36. The molecule has 1 aromatic heterocycles. The molecule has 1 aromatic rings. The van der Waals surface area contributed by atoms with Gasteiger partial charge in [-0.2, -0.15) is 0 Å². The summed E-state index contributed by atoms with van der Waals surface area (Å²) in [7, 11) is 1.99. The second-order valence-electron chi connectivity index (χ2n) is 6.10. The summed E-state index contributed by atoms with van der Waals surface area (Å²) in [6, 6.07) is 0.459. The van der Waals surface area contributed by atoms with Crippen LogP contribution in [0.2, 0.25) is 0 Å². The van der Waals surface area contributed by atoms with Crippen LogP contribution in [0.3, 0.4) is 0 Å². The van der Waals surface area contributed by atoms with Crippen LogP contribution in [-0.2, 0) is 18.4 Å². The van der Waals surface area contributed by atoms with Gasteiger partial charge in [-0.25, -0.2) is 4.98 Å². The second-order valence-corrected chi connectivity index (χ2v) is 6.10. The number of aryl methyl sites for hydroxylation is 1. The van der Waals surface area contributed by atoms with Crippen LogP contribution in [0.5, 0.6) is 0 Å². The standard InChI is InChI=1S/C15H24N4O/c1-18-9-8-17-14(18)11-19(13-2-3-13)15(20)10-12-4-6-16-7-5-12/h8-9,12-13,16H,2-7,10-11H2,1H3. The average molecular weight is 276 g/mol. The summed E-state index contributed by atoms with van der Waals surface area (Å²) in [6.45, 7) is 2.78. The van der Waals surface area contributed by atoms with E-state index in [2.05, 4.69) is 15.2 Å². The van der Waals surface area contributed by atoms with Crippen LogP contribution in [0.25, 0.3) is 0 Å². The molecule has 5 nitrogen and oxygen atoms in total. The Balaban J connectivity index is 1.61. The quantitative estimate of drug-likeness (QED) is 0.882. The molecular formula is C15H24N4O. The maximum absolute atomic E-state index is 12.6. The maximum atomic E-state index is 12.6. The van der Waals surface area contributed by atoms with Gasteiger partial charge >= 0.3 is 0 Å². The van der Waals surface area contributed by atoms with Crippen LogP contribution >= 0.6 is 0 Å². The van der Waals surface area contributed by atoms with E-state index in [4.69, 9.17) is 0 Å². The van der Waals surface area contributed by atoms with Gasteiger partial charge in [-0.05, 0) is 44.7 Å². The van der Waals surface area contributed by atoms with Gasteiger partial charge in [0.2, 0.25) is 5.91 Å². The van der Waals surface area contributed by atoms with Gasteiger partial charge < -0.3 is 14.8 Å². The zero-order chi connectivity index (χ0) is 13.9. The number of amides is 1. The van der Waals surface area contributed by atoms with Crippen molar-refractivity contribution in [2.45, 2.75) is 44.7 Å². The molecule has 0 spiro atoms. The highest BCUT2D eigenvalue weighted by Crippen LogP contribution is 2.30. The number of carbonyl (C=O) groups is 1. The molecule has 5 heteroatoms. The van der Waals surface area contributed by atoms with E-state index >= 15 is 0 Å². The number of carbonyl (C=O) groups excluding carboxylic acids is 1. The molecule has 2 fully saturated rings. The van der Waals surface area contributed by atoms with Crippen molar-refractivity contribution in [2.24, 2.45) is 13.0 Å². The summed E-state index contributed by atoms with van der Waals surface area (Å²) in [5.41, 5.74) is 0. The Bertz CT molecular complexity index is 460. The molecule has 1 saturated carbocycles. The fourth-order valence-corrected chi connectivity index (χ4v) is 2.96. The second kappa shape index (κ2) is 5.95. The van der Waals surface area contributed by atoms with Crippen molar-refractivity contribution in [2.75, 3.05) is 13.1 Å². The first kappa shape index (κ1) is 13.6. The minimum atomic E-state index is 0.322. The molecule has 1 aliphatic heterocycles. The molecule has 1 saturated heterocycles. The van der Waals surface area contributed by atoms with Crippen LogP contribution in [0.1, 0.15) is 37.9 Å². The van der Waals surface area contributed by atoms with E-state index in [1.165, 1.54) is 0 Å². The van der Waals surface area contributed by atoms with E-state index in [1.54, 1.807) is 6.20 Å². The number of piperidine rings is 1. The largest absolute Gasteiger partial charge is 0.337 e. The zero-order valence-corrected chi connectivity index (χ0v) is 12.2. The van der Waals surface area contributed by atoms with Crippen molar-refractivity contribution in [1.29, 1.82) is 0 Å². The topological polar surface area (TPSA) is 50.2 Å². The number of nitrogens with zero attached hydrogens (tertiary/aromatic N) is 3. The predicted octanol–water partition coefficient (Wildman–Crippen LogP) is 1.30. The molecule has 0 aromatic carbocycles. The number of nitrogens with one attached hydrogen (secondary N) is 1. The Morgan fingerprint density at radius 3 is 2.75 bits per heavy atom. The summed E-state index contributed by atoms with van der Waals surface area (Å²) < 4.78 is 2.01. The summed E-state index contributed by atoms with van der Waals surface area (Å²) in [5.74, 6) is 1.87. The Labute approximate surface area is 120 Å². The fraction of sp³-hybridized carbons (Fsp3) is 0.733. The first-order valence-electron chi connectivity index (χ1n) is 7.70. The molecule has 0 unspecified atom stereocenters. The molecule has 3 rings (SSSR count). The molecular weight excluding hydrogens is 252 g/mol. The summed E-state index contributed by atoms with van der Waals surface area (Å²) in [4.78, 5) is 19.0. The van der Waals surface area contributed by atoms with Gasteiger partial charge in [0.15, 0.2) is 0 Å². The summed E-state index contributed by atoms with van der Waals surface area (Å²) in [6.07, 6.45) is 9.03. The number of aromatic nitrogens is 2. The van der Waals surface area contributed by atoms with E-state index in [9.17, 15) is 4.79 Å². The molecule has 1 N–H and O–H groups in total. The molecule has 0 radical (unpaired) electrons. The van der Waals surface area contributed by atoms with E-state index < -0.39 is 0 Å². The van der Waals surface area contributed by atoms with Crippen molar-refractivity contribution in [1.82, 2.24) is 19.8 Å². The summed E-state index contributed by atoms with van der Waals surface area (Å²) in [5, 5.41) is 3.36. The lowest BCUT2D eigenvalue weighted by Gasteiger charge is -2.27. The smallest absolute Gasteiger partial charge is 0.223 e. The van der Waals surface area contributed by atoms with E-state index in [-0.39, 0.29) is 0 Å². The molecule has 110 valence electrons. The third-order valence-electron chi connectivity index (χ3n) is 4.46. The van der Waals surface area contributed by atoms with Crippen LogP contribution in [0.4, 0.5) is 0 Å². The Hall–Kier alpha value is -1.36. The first-order chi connectivity index (χ1) is 9.74. The van der Waals surface area contributed by atoms with Crippen LogP contribution in [0.15, 0.2) is 12.4 Å². The lowest BCUT2D eigenvalue weighted by atomic mass is 9.94. The molecule has 0 bridgehead atoms. The monoisotopic (exact) mass is 276 g/mol. The SMILES string of the molecule is Cn1ccnc1CN(C(=O)CC1CCNCC1)C1CC1. The Kier molecular flexibility index (Phi) is 4.05. The number of hydrogen-bond donors (Lipinski definition) is 1. The molecule has 1 aliphatic carbocycles.